The second-order valence-corrected chi connectivity index (χ2v) is 9.45. The van der Waals surface area contributed by atoms with Gasteiger partial charge in [-0.15, -0.1) is 0 Å². The number of rotatable bonds is 24. The van der Waals surface area contributed by atoms with Crippen LogP contribution in [0.1, 0.15) is 122 Å². The van der Waals surface area contributed by atoms with Crippen LogP contribution in [0.25, 0.3) is 0 Å². The third kappa shape index (κ3) is 19.6. The van der Waals surface area contributed by atoms with E-state index in [1.54, 1.807) is 0 Å². The summed E-state index contributed by atoms with van der Waals surface area (Å²) in [6.07, 6.45) is 14.9. The predicted octanol–water partition coefficient (Wildman–Crippen LogP) is 3.65. The zero-order valence-corrected chi connectivity index (χ0v) is 21.9. The fourth-order valence-electron chi connectivity index (χ4n) is 3.91. The number of amides is 3. The highest BCUT2D eigenvalue weighted by molar-refractivity contribution is 5.86. The lowest BCUT2D eigenvalue weighted by atomic mass is 10.0. The maximum absolute atomic E-state index is 12.1. The molecule has 10 nitrogen and oxygen atoms in total. The molecule has 0 aromatic carbocycles. The number of carboxylic acid groups (broad SMARTS) is 2. The van der Waals surface area contributed by atoms with Crippen LogP contribution in [0.2, 0.25) is 0 Å². The maximum atomic E-state index is 12.1. The molecule has 0 saturated carbocycles. The van der Waals surface area contributed by atoms with E-state index >= 15 is 0 Å². The first-order valence-electron chi connectivity index (χ1n) is 13.5. The molecule has 0 aromatic heterocycles. The zero-order chi connectivity index (χ0) is 27.2. The number of carbonyl (C=O) groups is 5. The van der Waals surface area contributed by atoms with Gasteiger partial charge in [-0.3, -0.25) is 14.4 Å². The summed E-state index contributed by atoms with van der Waals surface area (Å²) in [5, 5.41) is 23.1. The quantitative estimate of drug-likeness (QED) is 0.122. The van der Waals surface area contributed by atoms with Crippen molar-refractivity contribution >= 4 is 29.7 Å². The van der Waals surface area contributed by atoms with E-state index in [-0.39, 0.29) is 38.0 Å². The molecule has 0 aliphatic carbocycles. The molecule has 0 heterocycles. The molecule has 0 saturated heterocycles. The van der Waals surface area contributed by atoms with Gasteiger partial charge in [0.1, 0.15) is 12.1 Å². The van der Waals surface area contributed by atoms with Gasteiger partial charge in [0.25, 0.3) is 0 Å². The first-order chi connectivity index (χ1) is 17.2. The lowest BCUT2D eigenvalue weighted by Crippen LogP contribution is -2.44. The number of nitrogens with one attached hydrogen (secondary N) is 2. The smallest absolute Gasteiger partial charge is 0.326 e. The highest BCUT2D eigenvalue weighted by Crippen LogP contribution is 2.13. The molecule has 0 fully saturated rings. The van der Waals surface area contributed by atoms with E-state index in [4.69, 9.17) is 10.8 Å². The molecule has 3 amide bonds. The molecule has 36 heavy (non-hydrogen) atoms. The average Bonchev–Trinajstić information content (AvgIpc) is 2.81. The van der Waals surface area contributed by atoms with Crippen LogP contribution in [0.3, 0.4) is 0 Å². The van der Waals surface area contributed by atoms with Crippen molar-refractivity contribution in [1.82, 2.24) is 10.6 Å². The van der Waals surface area contributed by atoms with Crippen molar-refractivity contribution in [3.05, 3.63) is 0 Å². The van der Waals surface area contributed by atoms with Gasteiger partial charge in [-0.2, -0.15) is 0 Å². The summed E-state index contributed by atoms with van der Waals surface area (Å²) < 4.78 is 0. The van der Waals surface area contributed by atoms with Crippen molar-refractivity contribution in [2.24, 2.45) is 5.73 Å². The summed E-state index contributed by atoms with van der Waals surface area (Å²) in [6.45, 7) is 2.22. The Kier molecular flexibility index (Phi) is 20.0. The average molecular weight is 514 g/mol. The van der Waals surface area contributed by atoms with Crippen molar-refractivity contribution in [2.45, 2.75) is 135 Å². The molecule has 208 valence electrons. The van der Waals surface area contributed by atoms with Gasteiger partial charge in [0.05, 0.1) is 0 Å². The Morgan fingerprint density at radius 1 is 0.583 bits per heavy atom. The molecule has 0 unspecified atom stereocenters. The van der Waals surface area contributed by atoms with Gasteiger partial charge in [-0.1, -0.05) is 84.0 Å². The predicted molar refractivity (Wildman–Crippen MR) is 137 cm³/mol. The summed E-state index contributed by atoms with van der Waals surface area (Å²) in [7, 11) is 0. The van der Waals surface area contributed by atoms with Crippen LogP contribution in [0, 0.1) is 0 Å². The molecule has 10 heteroatoms. The highest BCUT2D eigenvalue weighted by atomic mass is 16.4. The van der Waals surface area contributed by atoms with Gasteiger partial charge < -0.3 is 26.6 Å². The number of nitrogens with two attached hydrogens (primary N) is 1. The Bertz CT molecular complexity index is 670. The Morgan fingerprint density at radius 3 is 1.33 bits per heavy atom. The SMILES string of the molecule is CCCCCCCCCCCCCCCC(=O)N[C@@H](CCC(=O)N[C@@H](CCC(N)=O)C(=O)O)C(=O)O. The second kappa shape index (κ2) is 21.6. The van der Waals surface area contributed by atoms with Crippen LogP contribution in [0.5, 0.6) is 0 Å². The van der Waals surface area contributed by atoms with E-state index in [0.29, 0.717) is 6.42 Å². The van der Waals surface area contributed by atoms with Crippen molar-refractivity contribution in [3.63, 3.8) is 0 Å². The number of carboxylic acids is 2. The third-order valence-electron chi connectivity index (χ3n) is 6.11. The van der Waals surface area contributed by atoms with E-state index in [1.165, 1.54) is 57.8 Å². The van der Waals surface area contributed by atoms with Crippen LogP contribution >= 0.6 is 0 Å². The molecule has 0 aliphatic heterocycles. The fraction of sp³-hybridized carbons (Fsp3) is 0.808. The summed E-state index contributed by atoms with van der Waals surface area (Å²) in [4.78, 5) is 57.6. The Hall–Kier alpha value is -2.65. The van der Waals surface area contributed by atoms with Crippen molar-refractivity contribution in [3.8, 4) is 0 Å². The fourth-order valence-corrected chi connectivity index (χ4v) is 3.91. The monoisotopic (exact) mass is 513 g/mol. The number of carbonyl (C=O) groups excluding carboxylic acids is 3. The topological polar surface area (TPSA) is 176 Å². The van der Waals surface area contributed by atoms with Gasteiger partial charge in [-0.05, 0) is 19.3 Å². The van der Waals surface area contributed by atoms with E-state index in [0.717, 1.165) is 19.3 Å². The Balaban J connectivity index is 4.01. The summed E-state index contributed by atoms with van der Waals surface area (Å²) in [5.74, 6) is -4.32. The number of primary amides is 1. The van der Waals surface area contributed by atoms with Gasteiger partial charge in [0.15, 0.2) is 0 Å². The van der Waals surface area contributed by atoms with E-state index < -0.39 is 35.8 Å². The normalized spacial score (nSPS) is 12.5. The number of unbranched alkanes of at least 4 members (excludes halogenated alkanes) is 12. The standard InChI is InChI=1S/C26H47N3O7/c1-2-3-4-5-6-7-8-9-10-11-12-13-14-15-23(31)28-21(26(35)36)17-19-24(32)29-20(25(33)34)16-18-22(27)30/h20-21H,2-19H2,1H3,(H2,27,30)(H,28,31)(H,29,32)(H,33,34)(H,35,36)/t20-,21-/m0/s1. The molecule has 2 atom stereocenters. The molecular formula is C26H47N3O7. The largest absolute Gasteiger partial charge is 0.480 e. The van der Waals surface area contributed by atoms with Crippen LogP contribution in [-0.2, 0) is 24.0 Å². The van der Waals surface area contributed by atoms with Crippen molar-refractivity contribution in [2.75, 3.05) is 0 Å². The summed E-state index contributed by atoms with van der Waals surface area (Å²) in [6, 6.07) is -2.53. The molecule has 0 aliphatic rings. The van der Waals surface area contributed by atoms with Crippen LogP contribution in [0.4, 0.5) is 0 Å². The first kappa shape index (κ1) is 33.4. The second-order valence-electron chi connectivity index (χ2n) is 9.45. The van der Waals surface area contributed by atoms with Gasteiger partial charge >= 0.3 is 11.9 Å². The minimum atomic E-state index is -1.31. The lowest BCUT2D eigenvalue weighted by molar-refractivity contribution is -0.143. The highest BCUT2D eigenvalue weighted by Gasteiger charge is 2.24. The third-order valence-corrected chi connectivity index (χ3v) is 6.11. The van der Waals surface area contributed by atoms with Gasteiger partial charge in [-0.25, -0.2) is 9.59 Å². The number of aliphatic carboxylic acids is 2. The molecule has 0 rings (SSSR count). The molecular weight excluding hydrogens is 466 g/mol. The lowest BCUT2D eigenvalue weighted by Gasteiger charge is -2.16. The van der Waals surface area contributed by atoms with E-state index in [2.05, 4.69) is 17.6 Å². The summed E-state index contributed by atoms with van der Waals surface area (Å²) in [5.41, 5.74) is 5.00. The zero-order valence-electron chi connectivity index (χ0n) is 21.9. The molecule has 0 aromatic rings. The van der Waals surface area contributed by atoms with Crippen LogP contribution in [-0.4, -0.2) is 52.0 Å². The maximum Gasteiger partial charge on any atom is 0.326 e. The van der Waals surface area contributed by atoms with Gasteiger partial charge in [0.2, 0.25) is 17.7 Å². The Labute approximate surface area is 215 Å². The van der Waals surface area contributed by atoms with Crippen molar-refractivity contribution in [1.29, 1.82) is 0 Å². The summed E-state index contributed by atoms with van der Waals surface area (Å²) >= 11 is 0. The minimum absolute atomic E-state index is 0.158. The molecule has 0 spiro atoms. The minimum Gasteiger partial charge on any atom is -0.480 e. The van der Waals surface area contributed by atoms with E-state index in [1.807, 2.05) is 0 Å². The van der Waals surface area contributed by atoms with Crippen LogP contribution < -0.4 is 16.4 Å². The van der Waals surface area contributed by atoms with Crippen LogP contribution in [0.15, 0.2) is 0 Å². The Morgan fingerprint density at radius 2 is 0.944 bits per heavy atom. The van der Waals surface area contributed by atoms with Gasteiger partial charge in [0, 0.05) is 19.3 Å². The number of hydrogen-bond donors (Lipinski definition) is 5. The number of hydrogen-bond acceptors (Lipinski definition) is 5. The molecule has 0 radical (unpaired) electrons. The molecule has 0 bridgehead atoms. The molecule has 6 N–H and O–H groups in total. The van der Waals surface area contributed by atoms with E-state index in [9.17, 15) is 29.1 Å². The first-order valence-corrected chi connectivity index (χ1v) is 13.5. The van der Waals surface area contributed by atoms with Crippen molar-refractivity contribution < 1.29 is 34.2 Å².